The van der Waals surface area contributed by atoms with Crippen LogP contribution in [0.25, 0.3) is 0 Å². The van der Waals surface area contributed by atoms with Crippen molar-refractivity contribution in [3.8, 4) is 11.5 Å². The molecule has 25 heavy (non-hydrogen) atoms. The number of carboxylic acids is 1. The zero-order valence-corrected chi connectivity index (χ0v) is 14.7. The number of hydrogen-bond donors (Lipinski definition) is 1. The fraction of sp³-hybridized carbons (Fsp3) is 0.556. The van der Waals surface area contributed by atoms with Crippen LogP contribution in [0.4, 0.5) is 0 Å². The van der Waals surface area contributed by atoms with Gasteiger partial charge in [-0.05, 0) is 19.9 Å². The number of aliphatic carboxylic acids is 1. The van der Waals surface area contributed by atoms with E-state index in [4.69, 9.17) is 14.2 Å². The summed E-state index contributed by atoms with van der Waals surface area (Å²) >= 11 is 0. The average Bonchev–Trinajstić information content (AvgIpc) is 3.12. The molecule has 2 heterocycles. The van der Waals surface area contributed by atoms with Crippen LogP contribution in [0.2, 0.25) is 0 Å². The molecule has 0 saturated carbocycles. The Morgan fingerprint density at radius 1 is 1.40 bits per heavy atom. The van der Waals surface area contributed by atoms with Crippen LogP contribution < -0.4 is 9.47 Å². The number of nitrogens with zero attached hydrogens (tertiary/aromatic N) is 1. The minimum absolute atomic E-state index is 0.236. The zero-order valence-electron chi connectivity index (χ0n) is 14.7. The van der Waals surface area contributed by atoms with Crippen molar-refractivity contribution in [2.24, 2.45) is 0 Å². The maximum atomic E-state index is 12.5. The Hall–Kier alpha value is -2.28. The third-order valence-electron chi connectivity index (χ3n) is 4.61. The van der Waals surface area contributed by atoms with Gasteiger partial charge in [-0.15, -0.1) is 0 Å². The Balaban J connectivity index is 1.68. The third kappa shape index (κ3) is 3.56. The molecule has 3 rings (SSSR count). The molecule has 7 nitrogen and oxygen atoms in total. The number of amides is 1. The van der Waals surface area contributed by atoms with E-state index in [1.165, 1.54) is 12.0 Å². The smallest absolute Gasteiger partial charge is 0.326 e. The highest BCUT2D eigenvalue weighted by Crippen LogP contribution is 2.41. The fourth-order valence-electron chi connectivity index (χ4n) is 3.40. The molecule has 0 bridgehead atoms. The summed E-state index contributed by atoms with van der Waals surface area (Å²) in [4.78, 5) is 25.1. The summed E-state index contributed by atoms with van der Waals surface area (Å²) in [6.45, 7) is 4.01. The standard InChI is InChI=1S/C18H23NO6/c1-18(2)8-11-5-4-6-14(16(11)25-18)24-10-15(20)19-9-12(23-3)7-13(19)17(21)22/h4-6,12-13H,7-10H2,1-3H3,(H,21,22). The molecule has 136 valence electrons. The molecule has 1 aromatic rings. The predicted octanol–water partition coefficient (Wildman–Crippen LogP) is 1.48. The average molecular weight is 349 g/mol. The molecular formula is C18H23NO6. The summed E-state index contributed by atoms with van der Waals surface area (Å²) in [5, 5.41) is 9.31. The molecule has 7 heteroatoms. The van der Waals surface area contributed by atoms with E-state index < -0.39 is 12.0 Å². The number of ether oxygens (including phenoxy) is 3. The van der Waals surface area contributed by atoms with Gasteiger partial charge in [-0.3, -0.25) is 4.79 Å². The minimum Gasteiger partial charge on any atom is -0.483 e. The largest absolute Gasteiger partial charge is 0.483 e. The molecule has 2 aliphatic rings. The van der Waals surface area contributed by atoms with Crippen molar-refractivity contribution in [3.05, 3.63) is 23.8 Å². The van der Waals surface area contributed by atoms with Crippen LogP contribution in [-0.4, -0.2) is 59.9 Å². The first-order valence-corrected chi connectivity index (χ1v) is 8.29. The molecule has 0 spiro atoms. The number of methoxy groups -OCH3 is 1. The number of para-hydroxylation sites is 1. The lowest BCUT2D eigenvalue weighted by Crippen LogP contribution is -2.43. The minimum atomic E-state index is -1.03. The summed E-state index contributed by atoms with van der Waals surface area (Å²) < 4.78 is 16.8. The van der Waals surface area contributed by atoms with Gasteiger partial charge in [-0.25, -0.2) is 4.79 Å². The molecule has 1 amide bonds. The topological polar surface area (TPSA) is 85.3 Å². The predicted molar refractivity (Wildman–Crippen MR) is 88.9 cm³/mol. The second-order valence-corrected chi connectivity index (χ2v) is 7.07. The lowest BCUT2D eigenvalue weighted by Gasteiger charge is -2.22. The summed E-state index contributed by atoms with van der Waals surface area (Å²) in [6.07, 6.45) is 0.793. The Bertz CT molecular complexity index is 686. The van der Waals surface area contributed by atoms with Crippen molar-refractivity contribution in [3.63, 3.8) is 0 Å². The first kappa shape index (κ1) is 17.5. The highest BCUT2D eigenvalue weighted by molar-refractivity contribution is 5.85. The van der Waals surface area contributed by atoms with Crippen LogP contribution >= 0.6 is 0 Å². The maximum absolute atomic E-state index is 12.5. The number of carbonyl (C=O) groups excluding carboxylic acids is 1. The van der Waals surface area contributed by atoms with Crippen LogP contribution in [0.3, 0.4) is 0 Å². The number of carbonyl (C=O) groups is 2. The van der Waals surface area contributed by atoms with Gasteiger partial charge in [0.15, 0.2) is 18.1 Å². The normalized spacial score (nSPS) is 23.9. The van der Waals surface area contributed by atoms with Gasteiger partial charge in [-0.1, -0.05) is 12.1 Å². The molecule has 0 radical (unpaired) electrons. The van der Waals surface area contributed by atoms with Crippen molar-refractivity contribution in [2.45, 2.75) is 44.4 Å². The first-order valence-electron chi connectivity index (χ1n) is 8.29. The number of benzene rings is 1. The molecule has 1 fully saturated rings. The van der Waals surface area contributed by atoms with Crippen molar-refractivity contribution >= 4 is 11.9 Å². The second kappa shape index (κ2) is 6.55. The molecule has 1 aromatic carbocycles. The SMILES string of the molecule is COC1CC(C(=O)O)N(C(=O)COc2cccc3c2OC(C)(C)C3)C1. The summed E-state index contributed by atoms with van der Waals surface area (Å²) in [5.41, 5.74) is 0.736. The van der Waals surface area contributed by atoms with Crippen LogP contribution in [0.15, 0.2) is 18.2 Å². The molecule has 0 aliphatic carbocycles. The van der Waals surface area contributed by atoms with Crippen LogP contribution in [0, 0.1) is 0 Å². The second-order valence-electron chi connectivity index (χ2n) is 7.07. The Morgan fingerprint density at radius 3 is 2.84 bits per heavy atom. The molecule has 2 atom stereocenters. The highest BCUT2D eigenvalue weighted by Gasteiger charge is 2.40. The molecule has 1 saturated heterocycles. The van der Waals surface area contributed by atoms with Gasteiger partial charge in [0.25, 0.3) is 5.91 Å². The summed E-state index contributed by atoms with van der Waals surface area (Å²) in [5.74, 6) is -0.238. The number of fused-ring (bicyclic) bond motifs is 1. The number of rotatable bonds is 5. The van der Waals surface area contributed by atoms with E-state index >= 15 is 0 Å². The van der Waals surface area contributed by atoms with E-state index in [1.54, 1.807) is 6.07 Å². The molecule has 1 N–H and O–H groups in total. The molecule has 2 unspecified atom stereocenters. The van der Waals surface area contributed by atoms with Gasteiger partial charge >= 0.3 is 5.97 Å². The first-order chi connectivity index (χ1) is 11.8. The number of carboxylic acid groups (broad SMARTS) is 1. The lowest BCUT2D eigenvalue weighted by molar-refractivity contribution is -0.149. The van der Waals surface area contributed by atoms with Gasteiger partial charge in [0.05, 0.1) is 6.10 Å². The van der Waals surface area contributed by atoms with Gasteiger partial charge in [0.2, 0.25) is 0 Å². The highest BCUT2D eigenvalue weighted by atomic mass is 16.5. The summed E-state index contributed by atoms with van der Waals surface area (Å²) in [6, 6.07) is 4.71. The third-order valence-corrected chi connectivity index (χ3v) is 4.61. The maximum Gasteiger partial charge on any atom is 0.326 e. The van der Waals surface area contributed by atoms with Crippen molar-refractivity contribution in [1.29, 1.82) is 0 Å². The van der Waals surface area contributed by atoms with Crippen LogP contribution in [0.1, 0.15) is 25.8 Å². The zero-order chi connectivity index (χ0) is 18.2. The molecule has 0 aromatic heterocycles. The van der Waals surface area contributed by atoms with Crippen molar-refractivity contribution < 1.29 is 28.9 Å². The van der Waals surface area contributed by atoms with Crippen LogP contribution in [-0.2, 0) is 20.7 Å². The van der Waals surface area contributed by atoms with E-state index in [0.29, 0.717) is 11.5 Å². The quantitative estimate of drug-likeness (QED) is 0.867. The van der Waals surface area contributed by atoms with Gasteiger partial charge in [0.1, 0.15) is 11.6 Å². The van der Waals surface area contributed by atoms with Gasteiger partial charge in [-0.2, -0.15) is 0 Å². The number of hydrogen-bond acceptors (Lipinski definition) is 5. The summed E-state index contributed by atoms with van der Waals surface area (Å²) in [7, 11) is 1.51. The fourth-order valence-corrected chi connectivity index (χ4v) is 3.40. The Morgan fingerprint density at radius 2 is 2.16 bits per heavy atom. The van der Waals surface area contributed by atoms with Gasteiger partial charge < -0.3 is 24.2 Å². The van der Waals surface area contributed by atoms with Crippen molar-refractivity contribution in [1.82, 2.24) is 4.90 Å². The van der Waals surface area contributed by atoms with Crippen LogP contribution in [0.5, 0.6) is 11.5 Å². The van der Waals surface area contributed by atoms with E-state index in [9.17, 15) is 14.7 Å². The van der Waals surface area contributed by atoms with E-state index in [0.717, 1.165) is 12.0 Å². The van der Waals surface area contributed by atoms with Crippen molar-refractivity contribution in [2.75, 3.05) is 20.3 Å². The van der Waals surface area contributed by atoms with E-state index in [2.05, 4.69) is 0 Å². The number of likely N-dealkylation sites (tertiary alicyclic amines) is 1. The monoisotopic (exact) mass is 349 g/mol. The lowest BCUT2D eigenvalue weighted by atomic mass is 10.0. The van der Waals surface area contributed by atoms with E-state index in [1.807, 2.05) is 26.0 Å². The Kier molecular flexibility index (Phi) is 4.60. The van der Waals surface area contributed by atoms with Gasteiger partial charge in [0, 0.05) is 32.1 Å². The molecular weight excluding hydrogens is 326 g/mol. The molecule has 2 aliphatic heterocycles. The Labute approximate surface area is 146 Å². The van der Waals surface area contributed by atoms with E-state index in [-0.39, 0.29) is 37.2 Å².